The molecule has 0 unspecified atom stereocenters. The fourth-order valence-electron chi connectivity index (χ4n) is 1.95. The topological polar surface area (TPSA) is 57.7 Å². The molecule has 1 aromatic heterocycles. The van der Waals surface area contributed by atoms with Crippen LogP contribution in [0.3, 0.4) is 0 Å². The van der Waals surface area contributed by atoms with Crippen LogP contribution in [0.25, 0.3) is 11.3 Å². The number of benzene rings is 1. The molecular weight excluding hydrogens is 317 g/mol. The summed E-state index contributed by atoms with van der Waals surface area (Å²) in [5, 5.41) is 0.646. The van der Waals surface area contributed by atoms with Gasteiger partial charge in [0.15, 0.2) is 17.2 Å². The molecule has 0 N–H and O–H groups in total. The van der Waals surface area contributed by atoms with Crippen LogP contribution in [-0.2, 0) is 4.74 Å². The van der Waals surface area contributed by atoms with Gasteiger partial charge >= 0.3 is 5.97 Å². The molecule has 1 aliphatic heterocycles. The fourth-order valence-corrected chi connectivity index (χ4v) is 2.38. The maximum Gasteiger partial charge on any atom is 0.358 e. The molecule has 0 fully saturated rings. The number of pyridine rings is 1. The number of aromatic nitrogens is 1. The summed E-state index contributed by atoms with van der Waals surface area (Å²) < 4.78 is 15.2. The van der Waals surface area contributed by atoms with E-state index in [0.29, 0.717) is 27.8 Å². The van der Waals surface area contributed by atoms with Crippen molar-refractivity contribution in [2.75, 3.05) is 13.9 Å². The number of fused-ring (bicyclic) bond motifs is 1. The number of ether oxygens (including phenoxy) is 3. The van der Waals surface area contributed by atoms with Gasteiger partial charge in [0.2, 0.25) is 6.79 Å². The van der Waals surface area contributed by atoms with Gasteiger partial charge in [-0.2, -0.15) is 0 Å². The molecule has 0 spiro atoms. The molecular formula is C14H9Cl2NO4. The molecule has 0 saturated heterocycles. The Morgan fingerprint density at radius 3 is 2.62 bits per heavy atom. The van der Waals surface area contributed by atoms with Crippen molar-refractivity contribution in [3.63, 3.8) is 0 Å². The Labute approximate surface area is 130 Å². The van der Waals surface area contributed by atoms with E-state index in [1.807, 2.05) is 0 Å². The standard InChI is InChI=1S/C14H9Cl2NO4/c1-19-14(18)13-8(15)2-3-10(17-13)7-4-11-12(5-9(7)16)21-6-20-11/h2-5H,6H2,1H3. The molecule has 0 bridgehead atoms. The van der Waals surface area contributed by atoms with Crippen molar-refractivity contribution in [1.29, 1.82) is 0 Å². The Bertz CT molecular complexity index is 733. The van der Waals surface area contributed by atoms with Crippen molar-refractivity contribution in [1.82, 2.24) is 4.98 Å². The van der Waals surface area contributed by atoms with E-state index in [4.69, 9.17) is 32.7 Å². The summed E-state index contributed by atoms with van der Waals surface area (Å²) in [5.74, 6) is 0.537. The number of carbonyl (C=O) groups excluding carboxylic acids is 1. The van der Waals surface area contributed by atoms with Crippen LogP contribution in [0.15, 0.2) is 24.3 Å². The normalized spacial score (nSPS) is 12.3. The summed E-state index contributed by atoms with van der Waals surface area (Å²) >= 11 is 12.2. The predicted octanol–water partition coefficient (Wildman–Crippen LogP) is 3.57. The molecule has 2 aromatic rings. The van der Waals surface area contributed by atoms with Crippen molar-refractivity contribution in [2.45, 2.75) is 0 Å². The van der Waals surface area contributed by atoms with Crippen LogP contribution in [0, 0.1) is 0 Å². The monoisotopic (exact) mass is 325 g/mol. The first-order valence-corrected chi connectivity index (χ1v) is 6.70. The third-order valence-electron chi connectivity index (χ3n) is 2.96. The highest BCUT2D eigenvalue weighted by Crippen LogP contribution is 2.40. The van der Waals surface area contributed by atoms with Gasteiger partial charge in [0, 0.05) is 11.6 Å². The lowest BCUT2D eigenvalue weighted by Gasteiger charge is -2.08. The van der Waals surface area contributed by atoms with Crippen LogP contribution in [0.4, 0.5) is 0 Å². The zero-order chi connectivity index (χ0) is 15.0. The van der Waals surface area contributed by atoms with Gasteiger partial charge in [-0.1, -0.05) is 23.2 Å². The van der Waals surface area contributed by atoms with Gasteiger partial charge in [0.05, 0.1) is 22.8 Å². The summed E-state index contributed by atoms with van der Waals surface area (Å²) in [6.07, 6.45) is 0. The second-order valence-electron chi connectivity index (χ2n) is 4.20. The SMILES string of the molecule is COC(=O)c1nc(-c2cc3c(cc2Cl)OCO3)ccc1Cl. The van der Waals surface area contributed by atoms with E-state index in [9.17, 15) is 4.79 Å². The molecule has 108 valence electrons. The number of rotatable bonds is 2. The molecule has 0 amide bonds. The maximum absolute atomic E-state index is 11.6. The molecule has 0 atom stereocenters. The van der Waals surface area contributed by atoms with E-state index < -0.39 is 5.97 Å². The molecule has 0 aliphatic carbocycles. The van der Waals surface area contributed by atoms with E-state index in [1.54, 1.807) is 24.3 Å². The van der Waals surface area contributed by atoms with Gasteiger partial charge in [-0.3, -0.25) is 0 Å². The van der Waals surface area contributed by atoms with Crippen molar-refractivity contribution in [3.05, 3.63) is 40.0 Å². The lowest BCUT2D eigenvalue weighted by Crippen LogP contribution is -2.06. The van der Waals surface area contributed by atoms with Crippen molar-refractivity contribution >= 4 is 29.2 Å². The average molecular weight is 326 g/mol. The second kappa shape index (κ2) is 5.42. The zero-order valence-corrected chi connectivity index (χ0v) is 12.4. The Morgan fingerprint density at radius 2 is 1.90 bits per heavy atom. The van der Waals surface area contributed by atoms with Gasteiger partial charge in [0.1, 0.15) is 0 Å². The van der Waals surface area contributed by atoms with Crippen molar-refractivity contribution < 1.29 is 19.0 Å². The largest absolute Gasteiger partial charge is 0.464 e. The van der Waals surface area contributed by atoms with E-state index in [0.717, 1.165) is 0 Å². The molecule has 2 heterocycles. The number of esters is 1. The lowest BCUT2D eigenvalue weighted by atomic mass is 10.1. The first-order chi connectivity index (χ1) is 10.1. The number of hydrogen-bond donors (Lipinski definition) is 0. The van der Waals surface area contributed by atoms with Gasteiger partial charge in [-0.05, 0) is 18.2 Å². The Kier molecular flexibility index (Phi) is 3.61. The highest BCUT2D eigenvalue weighted by molar-refractivity contribution is 6.34. The van der Waals surface area contributed by atoms with Gasteiger partial charge in [0.25, 0.3) is 0 Å². The smallest absolute Gasteiger partial charge is 0.358 e. The summed E-state index contributed by atoms with van der Waals surface area (Å²) in [6.45, 7) is 0.149. The summed E-state index contributed by atoms with van der Waals surface area (Å²) in [4.78, 5) is 15.9. The summed E-state index contributed by atoms with van der Waals surface area (Å²) in [7, 11) is 1.26. The lowest BCUT2D eigenvalue weighted by molar-refractivity contribution is 0.0594. The molecule has 7 heteroatoms. The van der Waals surface area contributed by atoms with Crippen molar-refractivity contribution in [2.24, 2.45) is 0 Å². The number of methoxy groups -OCH3 is 1. The van der Waals surface area contributed by atoms with Crippen LogP contribution in [0.2, 0.25) is 10.0 Å². The average Bonchev–Trinajstić information content (AvgIpc) is 2.93. The molecule has 3 rings (SSSR count). The fraction of sp³-hybridized carbons (Fsp3) is 0.143. The minimum Gasteiger partial charge on any atom is -0.464 e. The zero-order valence-electron chi connectivity index (χ0n) is 10.9. The molecule has 1 aromatic carbocycles. The number of carbonyl (C=O) groups is 1. The third kappa shape index (κ3) is 2.50. The molecule has 21 heavy (non-hydrogen) atoms. The van der Waals surface area contributed by atoms with Crippen LogP contribution in [0.1, 0.15) is 10.5 Å². The first-order valence-electron chi connectivity index (χ1n) is 5.94. The third-order valence-corrected chi connectivity index (χ3v) is 3.58. The predicted molar refractivity (Wildman–Crippen MR) is 77.2 cm³/mol. The molecule has 5 nitrogen and oxygen atoms in total. The minimum atomic E-state index is -0.612. The Hall–Kier alpha value is -1.98. The van der Waals surface area contributed by atoms with Gasteiger partial charge < -0.3 is 14.2 Å². The maximum atomic E-state index is 11.6. The molecule has 0 radical (unpaired) electrons. The van der Waals surface area contributed by atoms with Crippen LogP contribution < -0.4 is 9.47 Å². The summed E-state index contributed by atoms with van der Waals surface area (Å²) in [5.41, 5.74) is 1.14. The second-order valence-corrected chi connectivity index (χ2v) is 5.02. The highest BCUT2D eigenvalue weighted by atomic mass is 35.5. The van der Waals surface area contributed by atoms with Gasteiger partial charge in [-0.15, -0.1) is 0 Å². The first kappa shape index (κ1) is 14.0. The highest BCUT2D eigenvalue weighted by Gasteiger charge is 2.20. The number of halogens is 2. The van der Waals surface area contributed by atoms with Crippen LogP contribution in [-0.4, -0.2) is 24.9 Å². The van der Waals surface area contributed by atoms with Crippen LogP contribution >= 0.6 is 23.2 Å². The van der Waals surface area contributed by atoms with E-state index in [1.165, 1.54) is 7.11 Å². The van der Waals surface area contributed by atoms with E-state index in [2.05, 4.69) is 9.72 Å². The van der Waals surface area contributed by atoms with Crippen LogP contribution in [0.5, 0.6) is 11.5 Å². The minimum absolute atomic E-state index is 0.0328. The Morgan fingerprint density at radius 1 is 1.19 bits per heavy atom. The van der Waals surface area contributed by atoms with E-state index >= 15 is 0 Å². The number of nitrogens with zero attached hydrogens (tertiary/aromatic N) is 1. The number of hydrogen-bond acceptors (Lipinski definition) is 5. The molecule has 1 aliphatic rings. The quantitative estimate of drug-likeness (QED) is 0.790. The van der Waals surface area contributed by atoms with Gasteiger partial charge in [-0.25, -0.2) is 9.78 Å². The van der Waals surface area contributed by atoms with E-state index in [-0.39, 0.29) is 17.5 Å². The Balaban J connectivity index is 2.11. The molecule has 0 saturated carbocycles. The van der Waals surface area contributed by atoms with Crippen molar-refractivity contribution in [3.8, 4) is 22.8 Å². The summed E-state index contributed by atoms with van der Waals surface area (Å²) in [6, 6.07) is 6.59.